The zero-order valence-corrected chi connectivity index (χ0v) is 39.0. The van der Waals surface area contributed by atoms with Gasteiger partial charge in [0.1, 0.15) is 23.9 Å². The van der Waals surface area contributed by atoms with Crippen LogP contribution in [0.2, 0.25) is 0 Å². The molecule has 1 fully saturated rings. The Morgan fingerprint density at radius 1 is 0.864 bits per heavy atom. The second kappa shape index (κ2) is 26.6. The van der Waals surface area contributed by atoms with Gasteiger partial charge in [0, 0.05) is 62.5 Å². The topological polar surface area (TPSA) is 321 Å². The summed E-state index contributed by atoms with van der Waals surface area (Å²) in [6.07, 6.45) is 4.89. The fourth-order valence-corrected chi connectivity index (χ4v) is 7.86. The Labute approximate surface area is 386 Å². The number of carboxylic acid groups (broad SMARTS) is 1. The number of hydrogen-bond acceptors (Lipinski definition) is 11. The van der Waals surface area contributed by atoms with Gasteiger partial charge in [-0.1, -0.05) is 53.2 Å². The van der Waals surface area contributed by atoms with Gasteiger partial charge in [-0.3, -0.25) is 43.3 Å². The third kappa shape index (κ3) is 16.9. The second-order valence-electron chi connectivity index (χ2n) is 17.5. The van der Waals surface area contributed by atoms with Crippen LogP contribution in [0.25, 0.3) is 0 Å². The summed E-state index contributed by atoms with van der Waals surface area (Å²) >= 11 is 0. The summed E-state index contributed by atoms with van der Waals surface area (Å²) < 4.78 is 0. The normalized spacial score (nSPS) is 16.7. The molecule has 3 rings (SSSR count). The number of H-pyrrole nitrogens is 1. The molecule has 0 radical (unpaired) electrons. The minimum absolute atomic E-state index is 0.00800. The lowest BCUT2D eigenvalue weighted by Crippen LogP contribution is -2.56. The van der Waals surface area contributed by atoms with E-state index in [-0.39, 0.29) is 87.4 Å². The van der Waals surface area contributed by atoms with E-state index in [0.717, 1.165) is 0 Å². The van der Waals surface area contributed by atoms with Crippen molar-refractivity contribution in [2.24, 2.45) is 40.1 Å². The number of rotatable bonds is 28. The number of aromatic nitrogens is 2. The molecule has 364 valence electrons. The number of imidazole rings is 1. The number of nitrogens with one attached hydrogen (secondary N) is 5. The Kier molecular flexibility index (Phi) is 21.7. The molecule has 0 bridgehead atoms. The lowest BCUT2D eigenvalue weighted by atomic mass is 9.83. The van der Waals surface area contributed by atoms with E-state index in [0.29, 0.717) is 36.9 Å². The molecule has 1 aliphatic heterocycles. The van der Waals surface area contributed by atoms with E-state index in [1.165, 1.54) is 36.5 Å². The number of phenolic OH excluding ortho intramolecular Hbond substituents is 1. The van der Waals surface area contributed by atoms with Crippen molar-refractivity contribution in [2.75, 3.05) is 13.1 Å². The maximum Gasteiger partial charge on any atom is 0.325 e. The van der Waals surface area contributed by atoms with E-state index in [2.05, 4.69) is 36.2 Å². The van der Waals surface area contributed by atoms with E-state index in [4.69, 9.17) is 11.5 Å². The maximum absolute atomic E-state index is 14.6. The second-order valence-corrected chi connectivity index (χ2v) is 17.5. The zero-order valence-electron chi connectivity index (χ0n) is 39.0. The van der Waals surface area contributed by atoms with Crippen LogP contribution in [0.5, 0.6) is 5.75 Å². The maximum atomic E-state index is 14.6. The number of ketones is 2. The fraction of sp³-hybridized carbons (Fsp3) is 0.609. The zero-order chi connectivity index (χ0) is 49.1. The number of benzene rings is 1. The summed E-state index contributed by atoms with van der Waals surface area (Å²) in [5.74, 6) is -7.57. The van der Waals surface area contributed by atoms with Gasteiger partial charge in [0.2, 0.25) is 29.5 Å². The van der Waals surface area contributed by atoms with Gasteiger partial charge in [0.25, 0.3) is 0 Å². The van der Waals surface area contributed by atoms with E-state index in [1.54, 1.807) is 32.9 Å². The molecule has 1 aromatic heterocycles. The molecular formula is C46H70N10O10. The SMILES string of the molecule is CCCC(=O)N[C@@H](CCCN=C(N)N)C(=O)C[C@H](C(=O)N[C@@H](Cc1ccc(O)cc1)C(=O)C[C@H](C(=O)N[C@@H](Cc1cnc[nH]1)C(=O)N1CCC[C@H]1C(=O)N[C@H](C)C(=O)O)C(C)CC)C(C)C. The highest BCUT2D eigenvalue weighted by Crippen LogP contribution is 2.25. The Hall–Kier alpha value is -6.34. The van der Waals surface area contributed by atoms with Crippen molar-refractivity contribution >= 4 is 53.0 Å². The lowest BCUT2D eigenvalue weighted by Gasteiger charge is -2.31. The van der Waals surface area contributed by atoms with Crippen molar-refractivity contribution < 1.29 is 48.6 Å². The molecule has 0 saturated carbocycles. The Morgan fingerprint density at radius 3 is 2.09 bits per heavy atom. The molecule has 1 unspecified atom stereocenters. The molecular weight excluding hydrogens is 853 g/mol. The van der Waals surface area contributed by atoms with Gasteiger partial charge in [0.15, 0.2) is 17.5 Å². The van der Waals surface area contributed by atoms with Crippen molar-refractivity contribution in [3.05, 3.63) is 48.0 Å². The number of aromatic amines is 1. The van der Waals surface area contributed by atoms with Crippen molar-refractivity contribution in [1.82, 2.24) is 36.1 Å². The molecule has 0 spiro atoms. The summed E-state index contributed by atoms with van der Waals surface area (Å²) in [7, 11) is 0. The van der Waals surface area contributed by atoms with Crippen LogP contribution >= 0.6 is 0 Å². The van der Waals surface area contributed by atoms with Crippen molar-refractivity contribution in [3.63, 3.8) is 0 Å². The number of likely N-dealkylation sites (tertiary alicyclic amines) is 1. The Balaban J connectivity index is 1.91. The molecule has 2 aromatic rings. The average molecular weight is 923 g/mol. The molecule has 1 saturated heterocycles. The van der Waals surface area contributed by atoms with Gasteiger partial charge in [-0.2, -0.15) is 0 Å². The number of phenols is 1. The van der Waals surface area contributed by atoms with E-state index < -0.39 is 83.3 Å². The first kappa shape index (κ1) is 54.0. The number of nitrogens with two attached hydrogens (primary N) is 2. The minimum atomic E-state index is -1.24. The summed E-state index contributed by atoms with van der Waals surface area (Å²) in [4.78, 5) is 121. The first-order chi connectivity index (χ1) is 31.2. The number of Topliss-reactive ketones (excluding diaryl/α,β-unsaturated/α-hetero) is 2. The van der Waals surface area contributed by atoms with E-state index >= 15 is 0 Å². The van der Waals surface area contributed by atoms with Crippen LogP contribution in [0, 0.1) is 23.7 Å². The van der Waals surface area contributed by atoms with Crippen LogP contribution < -0.4 is 32.7 Å². The molecule has 5 amide bonds. The van der Waals surface area contributed by atoms with Crippen LogP contribution in [0.3, 0.4) is 0 Å². The van der Waals surface area contributed by atoms with Crippen LogP contribution in [0.1, 0.15) is 111 Å². The number of carbonyl (C=O) groups is 8. The number of hydrogen-bond donors (Lipinski definition) is 9. The fourth-order valence-electron chi connectivity index (χ4n) is 7.86. The van der Waals surface area contributed by atoms with Crippen LogP contribution in [-0.4, -0.2) is 121 Å². The summed E-state index contributed by atoms with van der Waals surface area (Å²) in [5, 5.41) is 30.3. The summed E-state index contributed by atoms with van der Waals surface area (Å²) in [6.45, 7) is 10.8. The standard InChI is InChI=1S/C46H70N10O10/c1-7-11-40(60)53-34(12-9-18-50-46(47)48)38(58)22-32(26(3)4)41(61)54-35(20-29-14-16-31(57)17-15-29)39(59)23-33(27(5)8-2)42(62)55-36(21-30-24-49-25-51-30)44(64)56-19-10-13-37(56)43(63)52-28(6)45(65)66/h14-17,24-28,32-37,57H,7-13,18-23H2,1-6H3,(H,49,51)(H,52,63)(H,53,60)(H,54,61)(H,55,62)(H,65,66)(H4,47,48,50)/t27?,28-,32+,33+,34+,35+,36+,37+/m1/s1. The van der Waals surface area contributed by atoms with Crippen molar-refractivity contribution in [1.29, 1.82) is 0 Å². The lowest BCUT2D eigenvalue weighted by molar-refractivity contribution is -0.145. The molecule has 11 N–H and O–H groups in total. The Morgan fingerprint density at radius 2 is 1.50 bits per heavy atom. The van der Waals surface area contributed by atoms with Crippen LogP contribution in [-0.2, 0) is 51.2 Å². The van der Waals surface area contributed by atoms with Gasteiger partial charge in [-0.15, -0.1) is 0 Å². The Bertz CT molecular complexity index is 1990. The quantitative estimate of drug-likeness (QED) is 0.0334. The third-order valence-electron chi connectivity index (χ3n) is 12.0. The molecule has 0 aliphatic carbocycles. The number of carbonyl (C=O) groups excluding carboxylic acids is 7. The first-order valence-electron chi connectivity index (χ1n) is 22.9. The first-order valence-corrected chi connectivity index (χ1v) is 22.9. The molecule has 66 heavy (non-hydrogen) atoms. The number of guanidine groups is 1. The van der Waals surface area contributed by atoms with E-state index in [1.807, 2.05) is 13.8 Å². The van der Waals surface area contributed by atoms with Gasteiger partial charge in [-0.05, 0) is 75.0 Å². The van der Waals surface area contributed by atoms with Crippen molar-refractivity contribution in [2.45, 2.75) is 142 Å². The highest BCUT2D eigenvalue weighted by atomic mass is 16.4. The molecule has 2 heterocycles. The molecule has 1 aliphatic rings. The number of aliphatic imine (C=N–C) groups is 1. The highest BCUT2D eigenvalue weighted by molar-refractivity contribution is 5.97. The van der Waals surface area contributed by atoms with E-state index in [9.17, 15) is 48.6 Å². The molecule has 8 atom stereocenters. The number of carboxylic acids is 1. The summed E-state index contributed by atoms with van der Waals surface area (Å²) in [5.41, 5.74) is 12.0. The molecule has 1 aromatic carbocycles. The predicted octanol–water partition coefficient (Wildman–Crippen LogP) is 1.64. The van der Waals surface area contributed by atoms with Crippen LogP contribution in [0.15, 0.2) is 41.8 Å². The largest absolute Gasteiger partial charge is 0.508 e. The highest BCUT2D eigenvalue weighted by Gasteiger charge is 2.40. The van der Waals surface area contributed by atoms with Gasteiger partial charge >= 0.3 is 5.97 Å². The number of nitrogens with zero attached hydrogens (tertiary/aromatic N) is 3. The summed E-state index contributed by atoms with van der Waals surface area (Å²) in [6, 6.07) is 0.648. The minimum Gasteiger partial charge on any atom is -0.508 e. The monoisotopic (exact) mass is 923 g/mol. The van der Waals surface area contributed by atoms with Crippen LogP contribution in [0.4, 0.5) is 0 Å². The van der Waals surface area contributed by atoms with Gasteiger partial charge in [0.05, 0.1) is 18.4 Å². The molecule has 20 nitrogen and oxygen atoms in total. The third-order valence-corrected chi connectivity index (χ3v) is 12.0. The van der Waals surface area contributed by atoms with Gasteiger partial charge < -0.3 is 52.8 Å². The van der Waals surface area contributed by atoms with Gasteiger partial charge in [-0.25, -0.2) is 4.98 Å². The number of aromatic hydroxyl groups is 1. The predicted molar refractivity (Wildman–Crippen MR) is 245 cm³/mol. The smallest absolute Gasteiger partial charge is 0.325 e. The molecule has 20 heteroatoms. The average Bonchev–Trinajstić information content (AvgIpc) is 3.98. The number of aliphatic carboxylic acids is 1. The van der Waals surface area contributed by atoms with Crippen molar-refractivity contribution in [3.8, 4) is 5.75 Å². The number of amides is 5.